The zero-order valence-corrected chi connectivity index (χ0v) is 21.0. The van der Waals surface area contributed by atoms with Gasteiger partial charge in [-0.15, -0.1) is 0 Å². The Morgan fingerprint density at radius 1 is 0.636 bits per heavy atom. The molecule has 0 aliphatic rings. The maximum atomic E-state index is 13.8. The predicted molar refractivity (Wildman–Crippen MR) is 123 cm³/mol. The molecule has 2 aromatic rings. The van der Waals surface area contributed by atoms with Crippen LogP contribution in [-0.4, -0.2) is 26.4 Å². The third kappa shape index (κ3) is 7.27. The smallest absolute Gasteiger partial charge is 0.308 e. The first-order valence-corrected chi connectivity index (χ1v) is 14.0. The number of hydrogen-bond donors (Lipinski definition) is 1. The van der Waals surface area contributed by atoms with E-state index >= 15 is 0 Å². The van der Waals surface area contributed by atoms with Gasteiger partial charge < -0.3 is 18.1 Å². The lowest BCUT2D eigenvalue weighted by Crippen LogP contribution is -2.29. The maximum absolute atomic E-state index is 13.8. The molecule has 11 heteroatoms. The SMILES string of the molecule is CCOP(=O)(OCC)C(NC(c1ccc(F)cc1)P(=O)(OCC)OCC)c1ccc(F)cc1. The zero-order valence-electron chi connectivity index (χ0n) is 19.2. The number of halogens is 2. The summed E-state index contributed by atoms with van der Waals surface area (Å²) in [7, 11) is -7.80. The summed E-state index contributed by atoms with van der Waals surface area (Å²) in [5, 5.41) is 3.07. The summed E-state index contributed by atoms with van der Waals surface area (Å²) < 4.78 is 77.1. The average molecular weight is 505 g/mol. The van der Waals surface area contributed by atoms with Crippen molar-refractivity contribution in [2.75, 3.05) is 26.4 Å². The van der Waals surface area contributed by atoms with Crippen molar-refractivity contribution in [3.63, 3.8) is 0 Å². The topological polar surface area (TPSA) is 83.1 Å². The van der Waals surface area contributed by atoms with E-state index in [1.54, 1.807) is 27.7 Å². The van der Waals surface area contributed by atoms with Gasteiger partial charge in [-0.2, -0.15) is 0 Å². The Balaban J connectivity index is 2.66. The quantitative estimate of drug-likeness (QED) is 0.283. The van der Waals surface area contributed by atoms with Crippen LogP contribution in [0.5, 0.6) is 0 Å². The van der Waals surface area contributed by atoms with Crippen molar-refractivity contribution in [3.8, 4) is 0 Å². The van der Waals surface area contributed by atoms with Crippen LogP contribution in [0.4, 0.5) is 8.78 Å². The van der Waals surface area contributed by atoms with Crippen LogP contribution in [0.25, 0.3) is 0 Å². The molecular formula is C22H31F2NO6P2. The molecule has 7 nitrogen and oxygen atoms in total. The van der Waals surface area contributed by atoms with Crippen LogP contribution < -0.4 is 5.32 Å². The summed E-state index contributed by atoms with van der Waals surface area (Å²) in [6.45, 7) is 6.95. The molecule has 0 saturated carbocycles. The predicted octanol–water partition coefficient (Wildman–Crippen LogP) is 6.78. The minimum atomic E-state index is -3.90. The van der Waals surface area contributed by atoms with E-state index in [0.29, 0.717) is 11.1 Å². The molecule has 0 amide bonds. The highest BCUT2D eigenvalue weighted by molar-refractivity contribution is 7.55. The first-order chi connectivity index (χ1) is 15.7. The Morgan fingerprint density at radius 3 is 1.15 bits per heavy atom. The van der Waals surface area contributed by atoms with Gasteiger partial charge in [-0.25, -0.2) is 8.78 Å². The first kappa shape index (κ1) is 27.8. The van der Waals surface area contributed by atoms with Crippen molar-refractivity contribution in [1.29, 1.82) is 0 Å². The Hall–Kier alpha value is -1.44. The van der Waals surface area contributed by atoms with Gasteiger partial charge in [-0.3, -0.25) is 14.4 Å². The number of rotatable bonds is 14. The summed E-state index contributed by atoms with van der Waals surface area (Å²) in [5.74, 6) is -3.27. The van der Waals surface area contributed by atoms with Crippen molar-refractivity contribution in [3.05, 3.63) is 71.3 Å². The lowest BCUT2D eigenvalue weighted by atomic mass is 10.2. The van der Waals surface area contributed by atoms with Gasteiger partial charge in [-0.1, -0.05) is 24.3 Å². The molecule has 0 fully saturated rings. The number of hydrogen-bond acceptors (Lipinski definition) is 7. The van der Waals surface area contributed by atoms with Gasteiger partial charge in [0.1, 0.15) is 23.2 Å². The Bertz CT molecular complexity index is 861. The monoisotopic (exact) mass is 505 g/mol. The molecule has 0 radical (unpaired) electrons. The van der Waals surface area contributed by atoms with Crippen LogP contribution in [0, 0.1) is 11.6 Å². The standard InChI is InChI=1S/C22H31F2NO6P2/c1-5-28-32(26,29-6-2)21(17-9-13-19(23)14-10-17)25-22(18-11-15-20(24)16-12-18)33(27,30-7-3)31-8-4/h9-16,21-22,25H,5-8H2,1-4H3. The molecule has 0 aliphatic heterocycles. The third-order valence-corrected chi connectivity index (χ3v) is 9.19. The Morgan fingerprint density at radius 2 is 0.909 bits per heavy atom. The molecule has 0 spiro atoms. The molecule has 0 bridgehead atoms. The van der Waals surface area contributed by atoms with Gasteiger partial charge in [-0.05, 0) is 63.1 Å². The largest absolute Gasteiger partial charge is 0.351 e. The van der Waals surface area contributed by atoms with E-state index in [1.807, 2.05) is 0 Å². The van der Waals surface area contributed by atoms with E-state index in [2.05, 4.69) is 5.32 Å². The van der Waals surface area contributed by atoms with Crippen molar-refractivity contribution < 1.29 is 36.0 Å². The first-order valence-electron chi connectivity index (χ1n) is 10.8. The lowest BCUT2D eigenvalue weighted by Gasteiger charge is -2.34. The van der Waals surface area contributed by atoms with Gasteiger partial charge in [0, 0.05) is 0 Å². The molecule has 2 atom stereocenters. The fraction of sp³-hybridized carbons (Fsp3) is 0.455. The second kappa shape index (κ2) is 12.9. The minimum Gasteiger partial charge on any atom is -0.308 e. The zero-order chi connectivity index (χ0) is 24.5. The van der Waals surface area contributed by atoms with E-state index in [9.17, 15) is 17.9 Å². The summed E-state index contributed by atoms with van der Waals surface area (Å²) in [6, 6.07) is 10.6. The molecule has 2 unspecified atom stereocenters. The molecule has 0 saturated heterocycles. The van der Waals surface area contributed by atoms with Gasteiger partial charge >= 0.3 is 15.2 Å². The summed E-state index contributed by atoms with van der Waals surface area (Å²) in [4.78, 5) is 0. The third-order valence-electron chi connectivity index (χ3n) is 4.56. The van der Waals surface area contributed by atoms with Crippen LogP contribution in [-0.2, 0) is 27.2 Å². The fourth-order valence-corrected chi connectivity index (χ4v) is 7.31. The van der Waals surface area contributed by atoms with Gasteiger partial charge in [0.05, 0.1) is 26.4 Å². The highest BCUT2D eigenvalue weighted by Gasteiger charge is 2.44. The van der Waals surface area contributed by atoms with Gasteiger partial charge in [0.15, 0.2) is 0 Å². The lowest BCUT2D eigenvalue weighted by molar-refractivity contribution is 0.195. The normalized spacial score (nSPS) is 14.2. The number of nitrogens with one attached hydrogen (secondary N) is 1. The van der Waals surface area contributed by atoms with E-state index in [4.69, 9.17) is 18.1 Å². The van der Waals surface area contributed by atoms with Crippen molar-refractivity contribution in [1.82, 2.24) is 5.32 Å². The van der Waals surface area contributed by atoms with Crippen molar-refractivity contribution >= 4 is 15.2 Å². The van der Waals surface area contributed by atoms with Crippen LogP contribution in [0.15, 0.2) is 48.5 Å². The van der Waals surface area contributed by atoms with E-state index < -0.39 is 38.4 Å². The maximum Gasteiger partial charge on any atom is 0.351 e. The van der Waals surface area contributed by atoms with Crippen LogP contribution in [0.2, 0.25) is 0 Å². The van der Waals surface area contributed by atoms with E-state index in [0.717, 1.165) is 0 Å². The molecule has 184 valence electrons. The molecule has 33 heavy (non-hydrogen) atoms. The van der Waals surface area contributed by atoms with Crippen molar-refractivity contribution in [2.24, 2.45) is 0 Å². The van der Waals surface area contributed by atoms with E-state index in [-0.39, 0.29) is 26.4 Å². The Labute approximate surface area is 193 Å². The van der Waals surface area contributed by atoms with Crippen LogP contribution in [0.3, 0.4) is 0 Å². The summed E-state index contributed by atoms with van der Waals surface area (Å²) >= 11 is 0. The summed E-state index contributed by atoms with van der Waals surface area (Å²) in [6.07, 6.45) is 0. The molecule has 0 aliphatic carbocycles. The molecule has 2 rings (SSSR count). The summed E-state index contributed by atoms with van der Waals surface area (Å²) in [5.41, 5.74) is 0.765. The molecular weight excluding hydrogens is 474 g/mol. The van der Waals surface area contributed by atoms with Crippen molar-refractivity contribution in [2.45, 2.75) is 39.3 Å². The average Bonchev–Trinajstić information content (AvgIpc) is 2.77. The second-order valence-corrected chi connectivity index (χ2v) is 11.1. The van der Waals surface area contributed by atoms with Crippen LogP contribution >= 0.6 is 15.2 Å². The highest BCUT2D eigenvalue weighted by atomic mass is 31.2. The second-order valence-electron chi connectivity index (χ2n) is 6.83. The molecule has 0 heterocycles. The van der Waals surface area contributed by atoms with Crippen LogP contribution in [0.1, 0.15) is 50.4 Å². The fourth-order valence-electron chi connectivity index (χ4n) is 3.27. The van der Waals surface area contributed by atoms with Gasteiger partial charge in [0.25, 0.3) is 0 Å². The Kier molecular flexibility index (Phi) is 10.8. The number of benzene rings is 2. The van der Waals surface area contributed by atoms with Gasteiger partial charge in [0.2, 0.25) is 0 Å². The minimum absolute atomic E-state index is 0.0758. The highest BCUT2D eigenvalue weighted by Crippen LogP contribution is 2.65. The molecule has 2 aromatic carbocycles. The molecule has 1 N–H and O–H groups in total. The molecule has 0 aromatic heterocycles. The van der Waals surface area contributed by atoms with E-state index in [1.165, 1.54) is 48.5 Å².